The molecule has 3 aromatic heterocycles. The summed E-state index contributed by atoms with van der Waals surface area (Å²) < 4.78 is 32.9. The second-order valence-electron chi connectivity index (χ2n) is 24.4. The van der Waals surface area contributed by atoms with Gasteiger partial charge in [0.25, 0.3) is 0 Å². The summed E-state index contributed by atoms with van der Waals surface area (Å²) in [6, 6.07) is 41.2. The van der Waals surface area contributed by atoms with Crippen LogP contribution >= 0.6 is 0 Å². The van der Waals surface area contributed by atoms with E-state index in [2.05, 4.69) is 115 Å². The predicted molar refractivity (Wildman–Crippen MR) is 332 cm³/mol. The number of hydrogen-bond acceptors (Lipinski definition) is 11. The molecule has 0 radical (unpaired) electrons. The molecule has 15 atom stereocenters. The van der Waals surface area contributed by atoms with Gasteiger partial charge in [0.15, 0.2) is 0 Å². The first-order valence-corrected chi connectivity index (χ1v) is 31.5. The van der Waals surface area contributed by atoms with Crippen LogP contribution in [0, 0.1) is 111 Å². The number of aromatic nitrogens is 3. The molecule has 6 heterocycles. The molecular formula is C71H74N8O5S. The van der Waals surface area contributed by atoms with Gasteiger partial charge < -0.3 is 10.1 Å². The van der Waals surface area contributed by atoms with E-state index in [0.29, 0.717) is 82.9 Å². The number of rotatable bonds is 9. The molecule has 3 aliphatic carbocycles. The topological polar surface area (TPSA) is 212 Å². The summed E-state index contributed by atoms with van der Waals surface area (Å²) in [5.41, 5.74) is 10.0. The summed E-state index contributed by atoms with van der Waals surface area (Å²) in [5, 5.41) is 30.6. The van der Waals surface area contributed by atoms with Crippen LogP contribution in [0.4, 0.5) is 0 Å². The van der Waals surface area contributed by atoms with Crippen molar-refractivity contribution in [3.05, 3.63) is 180 Å². The number of benzene rings is 3. The van der Waals surface area contributed by atoms with E-state index in [4.69, 9.17) is 4.74 Å². The predicted octanol–water partition coefficient (Wildman–Crippen LogP) is 13.0. The Morgan fingerprint density at radius 3 is 1.36 bits per heavy atom. The number of pyridine rings is 3. The highest BCUT2D eigenvalue weighted by Gasteiger charge is 2.50. The first-order valence-electron chi connectivity index (χ1n) is 29.9. The van der Waals surface area contributed by atoms with Gasteiger partial charge in [-0.25, -0.2) is 13.1 Å². The van der Waals surface area contributed by atoms with Gasteiger partial charge in [-0.3, -0.25) is 24.5 Å². The molecule has 1 amide bonds. The lowest BCUT2D eigenvalue weighted by atomic mass is 9.64. The molecule has 3 aliphatic heterocycles. The standard InChI is InChI=1S/C24H25N3O.C24H24N2O2.C23H25N3O2S/c1-15-11-22-23(14-27-24(22)28)20(16(15)2)10-9-19-8-7-18(13-26-19)21-6-4-3-5-17(21)12-25;1-15-11-23-22(12-24(27)28-23)20(16(15)2)10-9-19-8-7-18(14-26-19)21-6-4-3-5-17(21)13-25;1-15-11-23-22(14-26-29(23,27)28)20(16(15)2)10-9-19-8-7-18(13-25-19)21-6-4-3-5-17(21)12-24/h3-10,13,15-16,20,22-23H,11,14H2,1-2H3,(H,27,28);3-10,14-16,20,22-23H,11-12H2,1-2H3;3-10,13,15-16,20,22-23,26H,11,14H2,1-2H3/b3*10-9+/t15-,16+,20-,22-,23+;2*15-,16+,20-,22+,23-/m000/s1. The number of carbonyl (C=O) groups is 2. The molecule has 3 saturated heterocycles. The summed E-state index contributed by atoms with van der Waals surface area (Å²) in [7, 11) is -3.19. The van der Waals surface area contributed by atoms with Crippen LogP contribution in [-0.2, 0) is 24.3 Å². The van der Waals surface area contributed by atoms with Gasteiger partial charge in [-0.05, 0) is 139 Å². The largest absolute Gasteiger partial charge is 0.462 e. The minimum atomic E-state index is -3.19. The van der Waals surface area contributed by atoms with E-state index in [-0.39, 0.29) is 46.9 Å². The minimum Gasteiger partial charge on any atom is -0.462 e. The normalized spacial score (nSPS) is 29.8. The van der Waals surface area contributed by atoms with Crippen LogP contribution in [0.25, 0.3) is 51.6 Å². The number of fused-ring (bicyclic) bond motifs is 3. The van der Waals surface area contributed by atoms with Gasteiger partial charge >= 0.3 is 5.97 Å². The number of carbonyl (C=O) groups excluding carboxylic acids is 2. The van der Waals surface area contributed by atoms with Crippen LogP contribution in [-0.4, -0.2) is 59.7 Å². The Morgan fingerprint density at radius 1 is 0.518 bits per heavy atom. The molecule has 6 aliphatic rings. The maximum absolute atomic E-state index is 12.3. The number of allylic oxidation sites excluding steroid dienone is 3. The zero-order valence-corrected chi connectivity index (χ0v) is 49.9. The van der Waals surface area contributed by atoms with Crippen LogP contribution < -0.4 is 10.0 Å². The first-order chi connectivity index (χ1) is 41.0. The van der Waals surface area contributed by atoms with Crippen molar-refractivity contribution in [1.29, 1.82) is 15.8 Å². The van der Waals surface area contributed by atoms with Gasteiger partial charge in [0.05, 0.1) is 63.7 Å². The third-order valence-corrected chi connectivity index (χ3v) is 21.6. The quantitative estimate of drug-likeness (QED) is 0.130. The lowest BCUT2D eigenvalue weighted by Crippen LogP contribution is -2.40. The van der Waals surface area contributed by atoms with Gasteiger partial charge in [0, 0.05) is 76.9 Å². The van der Waals surface area contributed by atoms with E-state index in [1.807, 2.05) is 122 Å². The van der Waals surface area contributed by atoms with Crippen molar-refractivity contribution >= 4 is 40.1 Å². The Hall–Kier alpha value is -8.35. The first kappa shape index (κ1) is 59.8. The van der Waals surface area contributed by atoms with Gasteiger partial charge in [-0.2, -0.15) is 15.8 Å². The lowest BCUT2D eigenvalue weighted by Gasteiger charge is -2.39. The molecule has 6 aromatic rings. The summed E-state index contributed by atoms with van der Waals surface area (Å²) in [6.45, 7) is 14.7. The Morgan fingerprint density at radius 2 is 0.929 bits per heavy atom. The minimum absolute atomic E-state index is 0.0613. The molecule has 2 N–H and O–H groups in total. The van der Waals surface area contributed by atoms with E-state index in [1.165, 1.54) is 0 Å². The van der Waals surface area contributed by atoms with Crippen LogP contribution in [0.2, 0.25) is 0 Å². The highest BCUT2D eigenvalue weighted by atomic mass is 32.2. The molecule has 6 fully saturated rings. The Bertz CT molecular complexity index is 3610. The van der Waals surface area contributed by atoms with E-state index >= 15 is 0 Å². The van der Waals surface area contributed by atoms with E-state index in [1.54, 1.807) is 12.3 Å². The van der Waals surface area contributed by atoms with E-state index in [0.717, 1.165) is 76.3 Å². The number of hydrogen-bond donors (Lipinski definition) is 2. The monoisotopic (exact) mass is 1150 g/mol. The molecular weight excluding hydrogens is 1080 g/mol. The summed E-state index contributed by atoms with van der Waals surface area (Å²) in [5.74, 6) is 4.90. The van der Waals surface area contributed by atoms with Crippen LogP contribution in [0.3, 0.4) is 0 Å². The third kappa shape index (κ3) is 13.2. The molecule has 14 heteroatoms. The fourth-order valence-corrected chi connectivity index (χ4v) is 16.1. The molecule has 85 heavy (non-hydrogen) atoms. The molecule has 13 nitrogen and oxygen atoms in total. The van der Waals surface area contributed by atoms with Gasteiger partial charge in [0.2, 0.25) is 15.9 Å². The maximum atomic E-state index is 12.3. The van der Waals surface area contributed by atoms with Crippen molar-refractivity contribution in [2.24, 2.45) is 76.9 Å². The second kappa shape index (κ2) is 26.3. The van der Waals surface area contributed by atoms with Crippen molar-refractivity contribution < 1.29 is 22.7 Å². The number of nitriles is 3. The average Bonchev–Trinajstić information content (AvgIpc) is 2.38. The molecule has 3 aromatic carbocycles. The van der Waals surface area contributed by atoms with E-state index in [9.17, 15) is 33.8 Å². The average molecular weight is 1150 g/mol. The van der Waals surface area contributed by atoms with Crippen LogP contribution in [0.5, 0.6) is 0 Å². The number of nitrogens with one attached hydrogen (secondary N) is 2. The van der Waals surface area contributed by atoms with E-state index < -0.39 is 10.0 Å². The van der Waals surface area contributed by atoms with Crippen molar-refractivity contribution in [2.45, 2.75) is 78.6 Å². The van der Waals surface area contributed by atoms with Crippen molar-refractivity contribution in [3.63, 3.8) is 0 Å². The number of nitrogens with zero attached hydrogens (tertiary/aromatic N) is 6. The smallest absolute Gasteiger partial charge is 0.306 e. The van der Waals surface area contributed by atoms with Crippen LogP contribution in [0.1, 0.15) is 101 Å². The summed E-state index contributed by atoms with van der Waals surface area (Å²) in [6.07, 6.45) is 21.4. The SMILES string of the molecule is C[C@H]1[C@H](/C=C/c2ccc(-c3ccccc3C#N)cn2)[C@H]2CC(=O)O[C@H]2C[C@@H]1C.C[C@H]1[C@H](/C=C/c2ccc(-c3ccccc3C#N)cn2)[C@H]2CNC(=O)[C@H]2C[C@@H]1C.C[C@H]1[C@H](/C=C/c2ccc(-c3ccccc3C#N)cn2)[C@H]2CNS(=O)(=O)[C@H]2C[C@@H]1C. The molecule has 3 saturated carbocycles. The molecule has 0 unspecified atom stereocenters. The zero-order valence-electron chi connectivity index (χ0n) is 49.1. The number of amides is 1. The van der Waals surface area contributed by atoms with Gasteiger partial charge in [-0.1, -0.05) is 133 Å². The number of sulfonamides is 1. The maximum Gasteiger partial charge on any atom is 0.306 e. The van der Waals surface area contributed by atoms with Crippen molar-refractivity contribution in [2.75, 3.05) is 13.1 Å². The zero-order chi connectivity index (χ0) is 59.9. The number of ether oxygens (including phenoxy) is 1. The van der Waals surface area contributed by atoms with Gasteiger partial charge in [-0.15, -0.1) is 0 Å². The summed E-state index contributed by atoms with van der Waals surface area (Å²) >= 11 is 0. The molecule has 0 bridgehead atoms. The van der Waals surface area contributed by atoms with Crippen LogP contribution in [0.15, 0.2) is 146 Å². The number of esters is 1. The van der Waals surface area contributed by atoms with Crippen molar-refractivity contribution in [1.82, 2.24) is 25.0 Å². The summed E-state index contributed by atoms with van der Waals surface area (Å²) in [4.78, 5) is 37.6. The highest BCUT2D eigenvalue weighted by Crippen LogP contribution is 2.48. The Balaban J connectivity index is 0.000000142. The molecule has 0 spiro atoms. The Labute approximate surface area is 501 Å². The molecule has 12 rings (SSSR count). The van der Waals surface area contributed by atoms with Gasteiger partial charge in [0.1, 0.15) is 6.10 Å². The molecule has 434 valence electrons. The van der Waals surface area contributed by atoms with Crippen molar-refractivity contribution in [3.8, 4) is 51.6 Å². The lowest BCUT2D eigenvalue weighted by molar-refractivity contribution is -0.142. The Kier molecular flexibility index (Phi) is 18.5. The second-order valence-corrected chi connectivity index (χ2v) is 26.4. The highest BCUT2D eigenvalue weighted by molar-refractivity contribution is 7.90. The third-order valence-electron chi connectivity index (χ3n) is 19.7. The fraction of sp³-hybridized carbons (Fsp3) is 0.380. The fourth-order valence-electron chi connectivity index (χ4n) is 14.1.